The summed E-state index contributed by atoms with van der Waals surface area (Å²) in [6.45, 7) is 3.09. The fraction of sp³-hybridized carbons (Fsp3) is 0.318. The van der Waals surface area contributed by atoms with Crippen LogP contribution in [0, 0.1) is 0 Å². The summed E-state index contributed by atoms with van der Waals surface area (Å²) in [7, 11) is 0. The van der Waals surface area contributed by atoms with E-state index in [0.717, 1.165) is 19.3 Å². The van der Waals surface area contributed by atoms with Crippen LogP contribution in [0.2, 0.25) is 0 Å². The lowest BCUT2D eigenvalue weighted by Crippen LogP contribution is -2.41. The first-order valence-electron chi connectivity index (χ1n) is 9.18. The Hall–Kier alpha value is -2.95. The van der Waals surface area contributed by atoms with E-state index in [1.807, 2.05) is 12.1 Å². The number of carbonyl (C=O) groups excluding carboxylic acids is 3. The summed E-state index contributed by atoms with van der Waals surface area (Å²) in [6, 6.07) is 13.4. The monoisotopic (exact) mass is 365 g/mol. The largest absolute Gasteiger partial charge is 0.453 e. The Labute approximate surface area is 158 Å². The second-order valence-electron chi connectivity index (χ2n) is 6.84. The zero-order valence-electron chi connectivity index (χ0n) is 15.5. The van der Waals surface area contributed by atoms with Crippen LogP contribution in [-0.4, -0.2) is 29.8 Å². The third-order valence-electron chi connectivity index (χ3n) is 4.78. The Balaban J connectivity index is 1.58. The lowest BCUT2D eigenvalue weighted by molar-refractivity contribution is -0.148. The Kier molecular flexibility index (Phi) is 5.69. The van der Waals surface area contributed by atoms with Crippen LogP contribution in [0.3, 0.4) is 0 Å². The van der Waals surface area contributed by atoms with Crippen molar-refractivity contribution in [1.29, 1.82) is 0 Å². The molecule has 1 aliphatic rings. The summed E-state index contributed by atoms with van der Waals surface area (Å²) in [4.78, 5) is 37.0. The summed E-state index contributed by atoms with van der Waals surface area (Å²) in [5.41, 5.74) is 3.49. The molecule has 5 nitrogen and oxygen atoms in total. The van der Waals surface area contributed by atoms with Crippen molar-refractivity contribution in [2.45, 2.75) is 45.3 Å². The summed E-state index contributed by atoms with van der Waals surface area (Å²) in [5, 5.41) is 2.59. The highest BCUT2D eigenvalue weighted by Gasteiger charge is 2.25. The normalized spacial score (nSPS) is 14.7. The number of ketones is 1. The highest BCUT2D eigenvalue weighted by molar-refractivity contribution is 6.01. The van der Waals surface area contributed by atoms with Crippen molar-refractivity contribution < 1.29 is 19.1 Å². The maximum Gasteiger partial charge on any atom is 0.329 e. The van der Waals surface area contributed by atoms with Gasteiger partial charge in [0.2, 0.25) is 5.78 Å². The summed E-state index contributed by atoms with van der Waals surface area (Å²) in [6.07, 6.45) is 2.23. The highest BCUT2D eigenvalue weighted by Crippen LogP contribution is 2.23. The molecular weight excluding hydrogens is 342 g/mol. The number of rotatable bonds is 6. The highest BCUT2D eigenvalue weighted by atomic mass is 16.5. The third-order valence-corrected chi connectivity index (χ3v) is 4.78. The molecule has 0 aliphatic heterocycles. The van der Waals surface area contributed by atoms with Crippen molar-refractivity contribution in [2.24, 2.45) is 0 Å². The molecule has 0 spiro atoms. The smallest absolute Gasteiger partial charge is 0.329 e. The average molecular weight is 365 g/mol. The molecule has 3 rings (SSSR count). The fourth-order valence-electron chi connectivity index (χ4n) is 3.22. The van der Waals surface area contributed by atoms with Gasteiger partial charge in [0.1, 0.15) is 6.04 Å². The second kappa shape index (κ2) is 8.16. The van der Waals surface area contributed by atoms with Crippen LogP contribution in [-0.2, 0) is 22.4 Å². The number of fused-ring (bicyclic) bond motifs is 1. The van der Waals surface area contributed by atoms with Gasteiger partial charge in [0.15, 0.2) is 6.10 Å². The van der Waals surface area contributed by atoms with Crippen LogP contribution in [0.15, 0.2) is 48.5 Å². The molecule has 1 N–H and O–H groups in total. The molecule has 0 saturated carbocycles. The fourth-order valence-corrected chi connectivity index (χ4v) is 3.22. The van der Waals surface area contributed by atoms with Crippen LogP contribution < -0.4 is 5.32 Å². The van der Waals surface area contributed by atoms with Gasteiger partial charge in [-0.2, -0.15) is 0 Å². The van der Waals surface area contributed by atoms with Gasteiger partial charge in [0, 0.05) is 11.1 Å². The Bertz CT molecular complexity index is 860. The Morgan fingerprint density at radius 3 is 2.37 bits per heavy atom. The predicted octanol–water partition coefficient (Wildman–Crippen LogP) is 3.11. The van der Waals surface area contributed by atoms with Gasteiger partial charge in [-0.3, -0.25) is 9.59 Å². The number of hydrogen-bond acceptors (Lipinski definition) is 4. The van der Waals surface area contributed by atoms with E-state index in [-0.39, 0.29) is 11.7 Å². The van der Waals surface area contributed by atoms with Gasteiger partial charge in [-0.25, -0.2) is 4.79 Å². The molecule has 0 fully saturated rings. The topological polar surface area (TPSA) is 72.5 Å². The number of ether oxygens (including phenoxy) is 1. The number of esters is 1. The standard InChI is InChI=1S/C22H23NO4/c1-14(23-21(25)17-7-4-3-5-8-17)22(26)27-15(2)20(24)19-12-11-16-9-6-10-18(16)13-19/h3-5,7-8,11-15H,6,9-10H2,1-2H3,(H,23,25)/t14-,15?/m0/s1. The van der Waals surface area contributed by atoms with Gasteiger partial charge in [0.05, 0.1) is 0 Å². The number of benzene rings is 2. The van der Waals surface area contributed by atoms with E-state index < -0.39 is 18.1 Å². The summed E-state index contributed by atoms with van der Waals surface area (Å²) in [5.74, 6) is -1.24. The van der Waals surface area contributed by atoms with Crippen molar-refractivity contribution in [2.75, 3.05) is 0 Å². The van der Waals surface area contributed by atoms with E-state index in [4.69, 9.17) is 4.74 Å². The lowest BCUT2D eigenvalue weighted by Gasteiger charge is -2.17. The van der Waals surface area contributed by atoms with Gasteiger partial charge < -0.3 is 10.1 Å². The quantitative estimate of drug-likeness (QED) is 0.631. The van der Waals surface area contributed by atoms with Crippen molar-refractivity contribution in [1.82, 2.24) is 5.32 Å². The molecule has 5 heteroatoms. The number of Topliss-reactive ketones (excluding diaryl/α,β-unsaturated/α-hetero) is 1. The minimum atomic E-state index is -0.909. The number of hydrogen-bond donors (Lipinski definition) is 1. The van der Waals surface area contributed by atoms with E-state index in [1.165, 1.54) is 18.1 Å². The first-order valence-corrected chi connectivity index (χ1v) is 9.18. The maximum absolute atomic E-state index is 12.6. The van der Waals surface area contributed by atoms with E-state index in [9.17, 15) is 14.4 Å². The van der Waals surface area contributed by atoms with Crippen molar-refractivity contribution in [3.05, 3.63) is 70.8 Å². The summed E-state index contributed by atoms with van der Waals surface area (Å²) >= 11 is 0. The predicted molar refractivity (Wildman–Crippen MR) is 102 cm³/mol. The number of aryl methyl sites for hydroxylation is 2. The molecule has 27 heavy (non-hydrogen) atoms. The first-order chi connectivity index (χ1) is 13.0. The molecule has 0 aromatic heterocycles. The first kappa shape index (κ1) is 18.8. The van der Waals surface area contributed by atoms with Gasteiger partial charge in [-0.15, -0.1) is 0 Å². The molecular formula is C22H23NO4. The SMILES string of the molecule is CC(OC(=O)[C@H](C)NC(=O)c1ccccc1)C(=O)c1ccc2c(c1)CCC2. The van der Waals surface area contributed by atoms with Gasteiger partial charge >= 0.3 is 5.97 Å². The number of amides is 1. The van der Waals surface area contributed by atoms with E-state index in [0.29, 0.717) is 11.1 Å². The van der Waals surface area contributed by atoms with Crippen LogP contribution in [0.1, 0.15) is 52.1 Å². The zero-order chi connectivity index (χ0) is 19.4. The molecule has 1 aliphatic carbocycles. The molecule has 140 valence electrons. The van der Waals surface area contributed by atoms with Crippen LogP contribution in [0.5, 0.6) is 0 Å². The molecule has 1 amide bonds. The molecule has 0 saturated heterocycles. The molecule has 0 heterocycles. The third kappa shape index (κ3) is 4.42. The molecule has 0 radical (unpaired) electrons. The van der Waals surface area contributed by atoms with Crippen LogP contribution in [0.4, 0.5) is 0 Å². The lowest BCUT2D eigenvalue weighted by atomic mass is 10.0. The van der Waals surface area contributed by atoms with E-state index in [2.05, 4.69) is 5.32 Å². The van der Waals surface area contributed by atoms with Gasteiger partial charge in [0.25, 0.3) is 5.91 Å². The maximum atomic E-state index is 12.6. The molecule has 1 unspecified atom stereocenters. The minimum absolute atomic E-state index is 0.236. The molecule has 2 aromatic rings. The van der Waals surface area contributed by atoms with E-state index >= 15 is 0 Å². The molecule has 2 aromatic carbocycles. The van der Waals surface area contributed by atoms with E-state index in [1.54, 1.807) is 43.3 Å². The van der Waals surface area contributed by atoms with Gasteiger partial charge in [-0.1, -0.05) is 30.3 Å². The van der Waals surface area contributed by atoms with Crippen molar-refractivity contribution in [3.8, 4) is 0 Å². The second-order valence-corrected chi connectivity index (χ2v) is 6.84. The number of carbonyl (C=O) groups is 3. The van der Waals surface area contributed by atoms with Crippen molar-refractivity contribution >= 4 is 17.7 Å². The Morgan fingerprint density at radius 2 is 1.63 bits per heavy atom. The van der Waals surface area contributed by atoms with Crippen LogP contribution >= 0.6 is 0 Å². The zero-order valence-corrected chi connectivity index (χ0v) is 15.5. The minimum Gasteiger partial charge on any atom is -0.453 e. The van der Waals surface area contributed by atoms with Gasteiger partial charge in [-0.05, 0) is 62.4 Å². The van der Waals surface area contributed by atoms with Crippen molar-refractivity contribution in [3.63, 3.8) is 0 Å². The Morgan fingerprint density at radius 1 is 0.926 bits per heavy atom. The summed E-state index contributed by atoms with van der Waals surface area (Å²) < 4.78 is 5.28. The van der Waals surface area contributed by atoms with Crippen LogP contribution in [0.25, 0.3) is 0 Å². The molecule has 2 atom stereocenters. The molecule has 0 bridgehead atoms. The average Bonchev–Trinajstić information content (AvgIpc) is 3.15. The number of nitrogens with one attached hydrogen (secondary N) is 1.